The SMILES string of the molecule is CC(C(=O)NC1CC[S+]([O-])CC1)(c1ccccc1)n1ncc2c1nc(N)n1nc(-c3ccco3)nc21. The molecule has 0 saturated carbocycles. The van der Waals surface area contributed by atoms with E-state index in [1.807, 2.05) is 37.3 Å². The van der Waals surface area contributed by atoms with Crippen LogP contribution in [-0.2, 0) is 21.5 Å². The molecule has 6 rings (SSSR count). The first-order valence-electron chi connectivity index (χ1n) is 11.6. The first-order chi connectivity index (χ1) is 17.4. The Morgan fingerprint density at radius 1 is 1.17 bits per heavy atom. The molecular formula is C24H24N8O3S. The van der Waals surface area contributed by atoms with Crippen molar-refractivity contribution in [2.75, 3.05) is 17.2 Å². The summed E-state index contributed by atoms with van der Waals surface area (Å²) in [7, 11) is 0. The summed E-state index contributed by atoms with van der Waals surface area (Å²) >= 11 is -0.821. The lowest BCUT2D eigenvalue weighted by molar-refractivity contribution is -0.128. The van der Waals surface area contributed by atoms with Gasteiger partial charge in [-0.1, -0.05) is 41.5 Å². The predicted molar refractivity (Wildman–Crippen MR) is 134 cm³/mol. The van der Waals surface area contributed by atoms with E-state index in [0.29, 0.717) is 52.6 Å². The Morgan fingerprint density at radius 3 is 2.67 bits per heavy atom. The number of nitrogen functional groups attached to an aromatic ring is 1. The molecule has 5 heterocycles. The minimum atomic E-state index is -1.23. The number of amides is 1. The topological polar surface area (TPSA) is 152 Å². The molecule has 1 saturated heterocycles. The lowest BCUT2D eigenvalue weighted by atomic mass is 9.90. The average Bonchev–Trinajstić information content (AvgIpc) is 3.65. The van der Waals surface area contributed by atoms with Gasteiger partial charge in [-0.3, -0.25) is 4.79 Å². The van der Waals surface area contributed by atoms with Gasteiger partial charge in [0.25, 0.3) is 5.91 Å². The standard InChI is InChI=1S/C24H24N8O3S/c1-24(15-6-3-2-4-7-15,22(33)27-16-9-12-36(34)13-10-16)32-21-17(14-26-32)20-28-19(18-8-5-11-35-18)30-31(20)23(25)29-21/h2-8,11,14,16H,9-10,12-13H2,1H3,(H2,25,29)(H,27,33). The van der Waals surface area contributed by atoms with E-state index in [2.05, 4.69) is 25.5 Å². The number of benzene rings is 1. The summed E-state index contributed by atoms with van der Waals surface area (Å²) in [5, 5.41) is 12.8. The Hall–Kier alpha value is -3.90. The van der Waals surface area contributed by atoms with Gasteiger partial charge in [-0.2, -0.15) is 14.6 Å². The number of carbonyl (C=O) groups is 1. The largest absolute Gasteiger partial charge is 0.616 e. The van der Waals surface area contributed by atoms with Crippen LogP contribution in [0.5, 0.6) is 0 Å². The zero-order valence-electron chi connectivity index (χ0n) is 19.5. The third kappa shape index (κ3) is 3.60. The maximum Gasteiger partial charge on any atom is 0.252 e. The van der Waals surface area contributed by atoms with E-state index >= 15 is 0 Å². The monoisotopic (exact) mass is 504 g/mol. The fourth-order valence-corrected chi connectivity index (χ4v) is 5.92. The second-order valence-electron chi connectivity index (χ2n) is 8.95. The van der Waals surface area contributed by atoms with Crippen molar-refractivity contribution in [1.29, 1.82) is 0 Å². The molecule has 1 fully saturated rings. The van der Waals surface area contributed by atoms with Gasteiger partial charge in [0, 0.05) is 18.9 Å². The zero-order chi connectivity index (χ0) is 24.9. The smallest absolute Gasteiger partial charge is 0.252 e. The Bertz CT molecular complexity index is 1540. The number of furan rings is 1. The third-order valence-electron chi connectivity index (χ3n) is 6.70. The second-order valence-corrected chi connectivity index (χ2v) is 10.6. The molecule has 184 valence electrons. The zero-order valence-corrected chi connectivity index (χ0v) is 20.3. The summed E-state index contributed by atoms with van der Waals surface area (Å²) in [4.78, 5) is 23.1. The van der Waals surface area contributed by atoms with Gasteiger partial charge in [-0.05, 0) is 24.6 Å². The van der Waals surface area contributed by atoms with Crippen LogP contribution in [0.2, 0.25) is 0 Å². The van der Waals surface area contributed by atoms with Crippen molar-refractivity contribution < 1.29 is 13.8 Å². The fourth-order valence-electron chi connectivity index (χ4n) is 4.62. The van der Waals surface area contributed by atoms with Crippen LogP contribution in [-0.4, -0.2) is 57.4 Å². The van der Waals surface area contributed by atoms with Crippen molar-refractivity contribution in [2.45, 2.75) is 31.3 Å². The molecule has 11 nitrogen and oxygen atoms in total. The van der Waals surface area contributed by atoms with E-state index in [0.717, 1.165) is 5.56 Å². The highest BCUT2D eigenvalue weighted by atomic mass is 32.2. The third-order valence-corrected chi connectivity index (χ3v) is 8.08. The van der Waals surface area contributed by atoms with Gasteiger partial charge in [0.15, 0.2) is 22.6 Å². The van der Waals surface area contributed by atoms with Crippen molar-refractivity contribution in [3.05, 3.63) is 60.5 Å². The van der Waals surface area contributed by atoms with Crippen LogP contribution in [0.3, 0.4) is 0 Å². The van der Waals surface area contributed by atoms with E-state index < -0.39 is 16.7 Å². The number of rotatable bonds is 5. The average molecular weight is 505 g/mol. The number of nitrogens with two attached hydrogens (primary N) is 1. The number of nitrogens with one attached hydrogen (secondary N) is 1. The van der Waals surface area contributed by atoms with Crippen molar-refractivity contribution >= 4 is 39.7 Å². The van der Waals surface area contributed by atoms with Crippen LogP contribution in [0.1, 0.15) is 25.3 Å². The van der Waals surface area contributed by atoms with Crippen molar-refractivity contribution in [2.24, 2.45) is 0 Å². The van der Waals surface area contributed by atoms with Crippen LogP contribution in [0.25, 0.3) is 28.3 Å². The maximum absolute atomic E-state index is 13.9. The lowest BCUT2D eigenvalue weighted by Crippen LogP contribution is -2.52. The molecule has 0 aliphatic carbocycles. The van der Waals surface area contributed by atoms with Crippen LogP contribution in [0.15, 0.2) is 59.3 Å². The molecule has 5 aromatic rings. The molecule has 0 radical (unpaired) electrons. The first-order valence-corrected chi connectivity index (χ1v) is 13.1. The number of nitrogens with zero attached hydrogens (tertiary/aromatic N) is 6. The van der Waals surface area contributed by atoms with Crippen molar-refractivity contribution in [1.82, 2.24) is 34.7 Å². The quantitative estimate of drug-likeness (QED) is 0.345. The molecule has 1 aromatic carbocycles. The molecule has 4 aromatic heterocycles. The van der Waals surface area contributed by atoms with Gasteiger partial charge in [0.05, 0.1) is 17.8 Å². The molecule has 36 heavy (non-hydrogen) atoms. The summed E-state index contributed by atoms with van der Waals surface area (Å²) in [6.45, 7) is 1.81. The van der Waals surface area contributed by atoms with Crippen LogP contribution in [0, 0.1) is 0 Å². The number of carbonyl (C=O) groups excluding carboxylic acids is 1. The van der Waals surface area contributed by atoms with E-state index in [1.54, 1.807) is 29.3 Å². The summed E-state index contributed by atoms with van der Waals surface area (Å²) in [6, 6.07) is 12.9. The molecule has 1 unspecified atom stereocenters. The molecule has 1 atom stereocenters. The van der Waals surface area contributed by atoms with Gasteiger partial charge < -0.3 is 20.0 Å². The van der Waals surface area contributed by atoms with Crippen molar-refractivity contribution in [3.63, 3.8) is 0 Å². The Morgan fingerprint density at radius 2 is 1.94 bits per heavy atom. The first kappa shape index (κ1) is 22.6. The predicted octanol–water partition coefficient (Wildman–Crippen LogP) is 2.11. The van der Waals surface area contributed by atoms with E-state index in [9.17, 15) is 9.35 Å². The van der Waals surface area contributed by atoms with Gasteiger partial charge in [-0.25, -0.2) is 9.67 Å². The van der Waals surface area contributed by atoms with Crippen LogP contribution in [0.4, 0.5) is 5.95 Å². The molecule has 1 aliphatic heterocycles. The molecular weight excluding hydrogens is 480 g/mol. The minimum absolute atomic E-state index is 0.0582. The number of anilines is 1. The van der Waals surface area contributed by atoms with Crippen molar-refractivity contribution in [3.8, 4) is 11.6 Å². The van der Waals surface area contributed by atoms with E-state index in [1.165, 1.54) is 4.52 Å². The number of hydrogen-bond donors (Lipinski definition) is 2. The lowest BCUT2D eigenvalue weighted by Gasteiger charge is -2.33. The molecule has 1 amide bonds. The Kier molecular flexibility index (Phi) is 5.41. The summed E-state index contributed by atoms with van der Waals surface area (Å²) < 4.78 is 20.3. The Balaban J connectivity index is 1.48. The number of aromatic nitrogens is 6. The number of hydrogen-bond acceptors (Lipinski definition) is 8. The van der Waals surface area contributed by atoms with E-state index in [4.69, 9.17) is 10.2 Å². The second kappa shape index (κ2) is 8.64. The molecule has 12 heteroatoms. The minimum Gasteiger partial charge on any atom is -0.616 e. The summed E-state index contributed by atoms with van der Waals surface area (Å²) in [6.07, 6.45) is 4.51. The van der Waals surface area contributed by atoms with Gasteiger partial charge in [0.1, 0.15) is 11.5 Å². The fraction of sp³-hybridized carbons (Fsp3) is 0.292. The maximum atomic E-state index is 13.9. The number of fused-ring (bicyclic) bond motifs is 3. The van der Waals surface area contributed by atoms with E-state index in [-0.39, 0.29) is 17.9 Å². The summed E-state index contributed by atoms with van der Waals surface area (Å²) in [5.74, 6) is 1.91. The molecule has 3 N–H and O–H groups in total. The Labute approximate surface area is 208 Å². The molecule has 1 aliphatic rings. The highest BCUT2D eigenvalue weighted by Gasteiger charge is 2.41. The van der Waals surface area contributed by atoms with Gasteiger partial charge in [0.2, 0.25) is 11.8 Å². The van der Waals surface area contributed by atoms with Gasteiger partial charge in [-0.15, -0.1) is 5.10 Å². The highest BCUT2D eigenvalue weighted by molar-refractivity contribution is 7.91. The normalized spacial score (nSPS) is 19.9. The van der Waals surface area contributed by atoms with Crippen LogP contribution < -0.4 is 11.1 Å². The van der Waals surface area contributed by atoms with Crippen LogP contribution >= 0.6 is 0 Å². The molecule has 0 bridgehead atoms. The molecule has 0 spiro atoms. The highest BCUT2D eigenvalue weighted by Crippen LogP contribution is 2.32. The van der Waals surface area contributed by atoms with Gasteiger partial charge >= 0.3 is 0 Å². The summed E-state index contributed by atoms with van der Waals surface area (Å²) in [5.41, 5.74) is 6.66.